The van der Waals surface area contributed by atoms with E-state index in [-0.39, 0.29) is 5.88 Å². The van der Waals surface area contributed by atoms with Crippen LogP contribution in [0.25, 0.3) is 11.1 Å². The molecule has 120 valence electrons. The quantitative estimate of drug-likeness (QED) is 0.753. The number of carbonyl (C=O) groups is 1. The van der Waals surface area contributed by atoms with Gasteiger partial charge in [0.2, 0.25) is 5.88 Å². The molecule has 1 saturated carbocycles. The van der Waals surface area contributed by atoms with Crippen LogP contribution in [-0.4, -0.2) is 18.2 Å². The number of ether oxygens (including phenoxy) is 2. The smallest absolute Gasteiger partial charge is 0.437 e. The molecule has 1 fully saturated rings. The third-order valence-electron chi connectivity index (χ3n) is 4.42. The number of nitrogens with zero attached hydrogens (tertiary/aromatic N) is 1. The lowest BCUT2D eigenvalue weighted by molar-refractivity contribution is 0.120. The van der Waals surface area contributed by atoms with Crippen LogP contribution in [0.1, 0.15) is 43.6 Å². The molecule has 0 aliphatic heterocycles. The zero-order valence-electron chi connectivity index (χ0n) is 13.3. The monoisotopic (exact) mass is 311 g/mol. The average Bonchev–Trinajstić information content (AvgIpc) is 2.63. The lowest BCUT2D eigenvalue weighted by Crippen LogP contribution is -2.09. The molecule has 0 bridgehead atoms. The molecule has 23 heavy (non-hydrogen) atoms. The SMILES string of the molecule is COC(=O)Oc1ncccc1-c1ccc(C2CCCCC2)cc1. The Balaban J connectivity index is 1.83. The molecular weight excluding hydrogens is 290 g/mol. The molecular formula is C19H21NO3. The van der Waals surface area contributed by atoms with Gasteiger partial charge in [0.05, 0.1) is 7.11 Å². The minimum atomic E-state index is -0.760. The van der Waals surface area contributed by atoms with E-state index in [0.717, 1.165) is 11.1 Å². The molecule has 1 aromatic heterocycles. The number of rotatable bonds is 3. The van der Waals surface area contributed by atoms with Crippen molar-refractivity contribution >= 4 is 6.16 Å². The van der Waals surface area contributed by atoms with Gasteiger partial charge in [0.15, 0.2) is 0 Å². The van der Waals surface area contributed by atoms with E-state index in [1.165, 1.54) is 44.8 Å². The molecule has 0 spiro atoms. The molecule has 0 atom stereocenters. The standard InChI is InChI=1S/C19H21NO3/c1-22-19(21)23-18-17(8-5-13-20-18)16-11-9-15(10-12-16)14-6-3-2-4-7-14/h5,8-14H,2-4,6-7H2,1H3. The van der Waals surface area contributed by atoms with E-state index in [9.17, 15) is 4.79 Å². The van der Waals surface area contributed by atoms with Gasteiger partial charge in [-0.25, -0.2) is 9.78 Å². The second-order valence-electron chi connectivity index (χ2n) is 5.87. The van der Waals surface area contributed by atoms with Crippen molar-refractivity contribution in [3.05, 3.63) is 48.2 Å². The Morgan fingerprint density at radius 2 is 1.83 bits per heavy atom. The van der Waals surface area contributed by atoms with Crippen LogP contribution in [-0.2, 0) is 4.74 Å². The molecule has 1 heterocycles. The average molecular weight is 311 g/mol. The first-order chi connectivity index (χ1) is 11.3. The van der Waals surface area contributed by atoms with E-state index in [1.54, 1.807) is 6.20 Å². The molecule has 1 aliphatic rings. The van der Waals surface area contributed by atoms with Crippen LogP contribution in [0.3, 0.4) is 0 Å². The fourth-order valence-corrected chi connectivity index (χ4v) is 3.18. The summed E-state index contributed by atoms with van der Waals surface area (Å²) in [5.74, 6) is 0.947. The number of methoxy groups -OCH3 is 1. The highest BCUT2D eigenvalue weighted by Gasteiger charge is 2.16. The van der Waals surface area contributed by atoms with Gasteiger partial charge in [-0.1, -0.05) is 43.5 Å². The fraction of sp³-hybridized carbons (Fsp3) is 0.368. The molecule has 1 aromatic carbocycles. The first-order valence-corrected chi connectivity index (χ1v) is 8.09. The Morgan fingerprint density at radius 1 is 1.09 bits per heavy atom. The molecule has 2 aromatic rings. The molecule has 0 radical (unpaired) electrons. The molecule has 0 N–H and O–H groups in total. The van der Waals surface area contributed by atoms with Gasteiger partial charge in [-0.2, -0.15) is 0 Å². The van der Waals surface area contributed by atoms with Crippen LogP contribution in [0, 0.1) is 0 Å². The number of carbonyl (C=O) groups excluding carboxylic acids is 1. The van der Waals surface area contributed by atoms with Gasteiger partial charge in [-0.15, -0.1) is 0 Å². The van der Waals surface area contributed by atoms with Crippen molar-refractivity contribution in [3.8, 4) is 17.0 Å². The summed E-state index contributed by atoms with van der Waals surface area (Å²) in [5.41, 5.74) is 3.16. The second-order valence-corrected chi connectivity index (χ2v) is 5.87. The third kappa shape index (κ3) is 3.70. The Morgan fingerprint density at radius 3 is 2.52 bits per heavy atom. The molecule has 4 nitrogen and oxygen atoms in total. The van der Waals surface area contributed by atoms with E-state index in [4.69, 9.17) is 4.74 Å². The van der Waals surface area contributed by atoms with Crippen molar-refractivity contribution in [3.63, 3.8) is 0 Å². The number of hydrogen-bond acceptors (Lipinski definition) is 4. The van der Waals surface area contributed by atoms with Crippen molar-refractivity contribution in [1.29, 1.82) is 0 Å². The maximum atomic E-state index is 11.3. The van der Waals surface area contributed by atoms with E-state index < -0.39 is 6.16 Å². The molecule has 1 aliphatic carbocycles. The molecule has 0 unspecified atom stereocenters. The highest BCUT2D eigenvalue weighted by atomic mass is 16.7. The summed E-state index contributed by atoms with van der Waals surface area (Å²) >= 11 is 0. The van der Waals surface area contributed by atoms with Crippen molar-refractivity contribution in [2.45, 2.75) is 38.0 Å². The summed E-state index contributed by atoms with van der Waals surface area (Å²) in [6.45, 7) is 0. The fourth-order valence-electron chi connectivity index (χ4n) is 3.18. The van der Waals surface area contributed by atoms with Gasteiger partial charge in [0.25, 0.3) is 0 Å². The predicted octanol–water partition coefficient (Wildman–Crippen LogP) is 4.94. The highest BCUT2D eigenvalue weighted by molar-refractivity contribution is 5.73. The largest absolute Gasteiger partial charge is 0.514 e. The van der Waals surface area contributed by atoms with E-state index in [1.807, 2.05) is 12.1 Å². The van der Waals surface area contributed by atoms with Gasteiger partial charge in [-0.3, -0.25) is 0 Å². The maximum Gasteiger partial charge on any atom is 0.514 e. The van der Waals surface area contributed by atoms with E-state index in [2.05, 4.69) is 34.0 Å². The molecule has 4 heteroatoms. The molecule has 0 amide bonds. The minimum absolute atomic E-state index is 0.268. The zero-order valence-corrected chi connectivity index (χ0v) is 13.3. The number of benzene rings is 1. The van der Waals surface area contributed by atoms with Crippen LogP contribution in [0.4, 0.5) is 4.79 Å². The summed E-state index contributed by atoms with van der Waals surface area (Å²) in [7, 11) is 1.28. The highest BCUT2D eigenvalue weighted by Crippen LogP contribution is 2.34. The Labute approximate surface area is 136 Å². The van der Waals surface area contributed by atoms with Crippen LogP contribution in [0.5, 0.6) is 5.88 Å². The first kappa shape index (κ1) is 15.5. The van der Waals surface area contributed by atoms with Gasteiger partial charge in [0, 0.05) is 11.8 Å². The van der Waals surface area contributed by atoms with Gasteiger partial charge in [0.1, 0.15) is 0 Å². The lowest BCUT2D eigenvalue weighted by atomic mass is 9.84. The van der Waals surface area contributed by atoms with Gasteiger partial charge >= 0.3 is 6.16 Å². The molecule has 3 rings (SSSR count). The minimum Gasteiger partial charge on any atom is -0.437 e. The molecule has 0 saturated heterocycles. The normalized spacial score (nSPS) is 15.2. The third-order valence-corrected chi connectivity index (χ3v) is 4.42. The summed E-state index contributed by atoms with van der Waals surface area (Å²) in [6, 6.07) is 12.2. The van der Waals surface area contributed by atoms with Crippen LogP contribution >= 0.6 is 0 Å². The summed E-state index contributed by atoms with van der Waals surface area (Å²) in [6.07, 6.45) is 7.41. The number of pyridine rings is 1. The van der Waals surface area contributed by atoms with E-state index >= 15 is 0 Å². The van der Waals surface area contributed by atoms with Crippen molar-refractivity contribution < 1.29 is 14.3 Å². The summed E-state index contributed by atoms with van der Waals surface area (Å²) < 4.78 is 9.67. The topological polar surface area (TPSA) is 48.4 Å². The van der Waals surface area contributed by atoms with Crippen LogP contribution in [0.15, 0.2) is 42.6 Å². The summed E-state index contributed by atoms with van der Waals surface area (Å²) in [4.78, 5) is 15.5. The van der Waals surface area contributed by atoms with Crippen molar-refractivity contribution in [1.82, 2.24) is 4.98 Å². The number of hydrogen-bond donors (Lipinski definition) is 0. The lowest BCUT2D eigenvalue weighted by Gasteiger charge is -2.22. The Kier molecular flexibility index (Phi) is 4.91. The van der Waals surface area contributed by atoms with Crippen molar-refractivity contribution in [2.75, 3.05) is 7.11 Å². The Bertz CT molecular complexity index is 661. The van der Waals surface area contributed by atoms with Gasteiger partial charge in [-0.05, 0) is 42.0 Å². The van der Waals surface area contributed by atoms with Crippen LogP contribution < -0.4 is 4.74 Å². The maximum absolute atomic E-state index is 11.3. The van der Waals surface area contributed by atoms with Crippen LogP contribution in [0.2, 0.25) is 0 Å². The number of aromatic nitrogens is 1. The van der Waals surface area contributed by atoms with Crippen molar-refractivity contribution in [2.24, 2.45) is 0 Å². The predicted molar refractivity (Wildman–Crippen MR) is 88.5 cm³/mol. The van der Waals surface area contributed by atoms with E-state index in [0.29, 0.717) is 5.92 Å². The first-order valence-electron chi connectivity index (χ1n) is 8.09. The summed E-state index contributed by atoms with van der Waals surface area (Å²) in [5, 5.41) is 0. The van der Waals surface area contributed by atoms with Gasteiger partial charge < -0.3 is 9.47 Å². The zero-order chi connectivity index (χ0) is 16.1. The second kappa shape index (κ2) is 7.27. The Hall–Kier alpha value is -2.36.